The molecule has 0 radical (unpaired) electrons. The SMILES string of the molecule is Cc1cccc(NC(=O)C2(C(=O)N3CCN(C)CC3)CC2)c1. The van der Waals surface area contributed by atoms with Gasteiger partial charge in [-0.3, -0.25) is 9.59 Å². The molecule has 0 bridgehead atoms. The van der Waals surface area contributed by atoms with Gasteiger partial charge in [0.05, 0.1) is 0 Å². The van der Waals surface area contributed by atoms with E-state index in [1.807, 2.05) is 36.1 Å². The molecule has 5 heteroatoms. The first kappa shape index (κ1) is 15.0. The van der Waals surface area contributed by atoms with Crippen LogP contribution >= 0.6 is 0 Å². The second-order valence-corrected chi connectivity index (χ2v) is 6.50. The molecule has 1 aliphatic carbocycles. The fourth-order valence-corrected chi connectivity index (χ4v) is 2.95. The van der Waals surface area contributed by atoms with Crippen molar-refractivity contribution in [3.63, 3.8) is 0 Å². The van der Waals surface area contributed by atoms with Gasteiger partial charge in [-0.05, 0) is 44.5 Å². The Morgan fingerprint density at radius 3 is 2.41 bits per heavy atom. The van der Waals surface area contributed by atoms with Crippen molar-refractivity contribution in [3.05, 3.63) is 29.8 Å². The van der Waals surface area contributed by atoms with E-state index in [4.69, 9.17) is 0 Å². The van der Waals surface area contributed by atoms with Gasteiger partial charge < -0.3 is 15.1 Å². The molecule has 1 heterocycles. The summed E-state index contributed by atoms with van der Waals surface area (Å²) >= 11 is 0. The van der Waals surface area contributed by atoms with Gasteiger partial charge in [-0.25, -0.2) is 0 Å². The summed E-state index contributed by atoms with van der Waals surface area (Å²) in [5.41, 5.74) is 1.04. The summed E-state index contributed by atoms with van der Waals surface area (Å²) in [5, 5.41) is 2.92. The van der Waals surface area contributed by atoms with E-state index in [0.29, 0.717) is 12.8 Å². The second-order valence-electron chi connectivity index (χ2n) is 6.50. The first-order chi connectivity index (χ1) is 10.5. The van der Waals surface area contributed by atoms with Gasteiger partial charge >= 0.3 is 0 Å². The van der Waals surface area contributed by atoms with E-state index in [1.165, 1.54) is 0 Å². The summed E-state index contributed by atoms with van der Waals surface area (Å²) < 4.78 is 0. The highest BCUT2D eigenvalue weighted by Crippen LogP contribution is 2.48. The smallest absolute Gasteiger partial charge is 0.240 e. The highest BCUT2D eigenvalue weighted by molar-refractivity contribution is 6.13. The average molecular weight is 301 g/mol. The zero-order valence-electron chi connectivity index (χ0n) is 13.3. The van der Waals surface area contributed by atoms with Gasteiger partial charge in [0.1, 0.15) is 5.41 Å². The maximum Gasteiger partial charge on any atom is 0.240 e. The van der Waals surface area contributed by atoms with Crippen molar-refractivity contribution in [1.82, 2.24) is 9.80 Å². The molecule has 2 amide bonds. The summed E-state index contributed by atoms with van der Waals surface area (Å²) in [6.07, 6.45) is 1.33. The lowest BCUT2D eigenvalue weighted by molar-refractivity contribution is -0.143. The van der Waals surface area contributed by atoms with Gasteiger partial charge in [-0.1, -0.05) is 12.1 Å². The minimum Gasteiger partial charge on any atom is -0.339 e. The highest BCUT2D eigenvalue weighted by atomic mass is 16.2. The quantitative estimate of drug-likeness (QED) is 0.861. The van der Waals surface area contributed by atoms with Crippen LogP contribution in [0.5, 0.6) is 0 Å². The van der Waals surface area contributed by atoms with Gasteiger partial charge in [0.15, 0.2) is 0 Å². The van der Waals surface area contributed by atoms with Crippen LogP contribution in [0.1, 0.15) is 18.4 Å². The molecule has 1 N–H and O–H groups in total. The number of amides is 2. The summed E-state index contributed by atoms with van der Waals surface area (Å²) in [4.78, 5) is 29.4. The van der Waals surface area contributed by atoms with Crippen LogP contribution in [0.3, 0.4) is 0 Å². The lowest BCUT2D eigenvalue weighted by Gasteiger charge is -2.34. The van der Waals surface area contributed by atoms with Crippen molar-refractivity contribution in [2.75, 3.05) is 38.5 Å². The third-order valence-corrected chi connectivity index (χ3v) is 4.66. The number of hydrogen-bond acceptors (Lipinski definition) is 3. The molecule has 1 aromatic rings. The standard InChI is InChI=1S/C17H23N3O2/c1-13-4-3-5-14(12-13)18-15(21)17(6-7-17)16(22)20-10-8-19(2)9-11-20/h3-5,12H,6-11H2,1-2H3,(H,18,21). The molecule has 1 aliphatic heterocycles. The predicted octanol–water partition coefficient (Wildman–Crippen LogP) is 1.49. The number of benzene rings is 1. The van der Waals surface area contributed by atoms with Crippen LogP contribution in [0.25, 0.3) is 0 Å². The predicted molar refractivity (Wildman–Crippen MR) is 85.6 cm³/mol. The molecule has 2 fully saturated rings. The lowest BCUT2D eigenvalue weighted by atomic mass is 10.0. The Balaban J connectivity index is 1.67. The van der Waals surface area contributed by atoms with E-state index < -0.39 is 5.41 Å². The summed E-state index contributed by atoms with van der Waals surface area (Å²) in [6, 6.07) is 7.68. The molecule has 0 atom stereocenters. The largest absolute Gasteiger partial charge is 0.339 e. The van der Waals surface area contributed by atoms with Crippen molar-refractivity contribution in [1.29, 1.82) is 0 Å². The number of rotatable bonds is 3. The summed E-state index contributed by atoms with van der Waals surface area (Å²) in [6.45, 7) is 5.17. The minimum absolute atomic E-state index is 0.00533. The van der Waals surface area contributed by atoms with Crippen molar-refractivity contribution < 1.29 is 9.59 Å². The molecule has 1 saturated heterocycles. The Labute approximate surface area is 131 Å². The average Bonchev–Trinajstić information content (AvgIpc) is 3.29. The van der Waals surface area contributed by atoms with E-state index in [-0.39, 0.29) is 11.8 Å². The van der Waals surface area contributed by atoms with Gasteiger partial charge in [-0.2, -0.15) is 0 Å². The highest BCUT2D eigenvalue weighted by Gasteiger charge is 2.58. The number of nitrogens with one attached hydrogen (secondary N) is 1. The second kappa shape index (κ2) is 5.72. The topological polar surface area (TPSA) is 52.7 Å². The van der Waals surface area contributed by atoms with Crippen molar-refractivity contribution in [2.24, 2.45) is 5.41 Å². The van der Waals surface area contributed by atoms with E-state index >= 15 is 0 Å². The molecule has 1 saturated carbocycles. The molecule has 0 spiro atoms. The van der Waals surface area contributed by atoms with E-state index in [2.05, 4.69) is 17.3 Å². The number of carbonyl (C=O) groups excluding carboxylic acids is 2. The molecular weight excluding hydrogens is 278 g/mol. The number of anilines is 1. The Hall–Kier alpha value is -1.88. The minimum atomic E-state index is -0.820. The van der Waals surface area contributed by atoms with Crippen LogP contribution in [0.2, 0.25) is 0 Å². The first-order valence-electron chi connectivity index (χ1n) is 7.87. The van der Waals surface area contributed by atoms with Crippen LogP contribution in [-0.4, -0.2) is 54.8 Å². The lowest BCUT2D eigenvalue weighted by Crippen LogP contribution is -2.51. The van der Waals surface area contributed by atoms with E-state index in [1.54, 1.807) is 0 Å². The number of likely N-dealkylation sites (N-methyl/N-ethyl adjacent to an activating group) is 1. The Kier molecular flexibility index (Phi) is 3.91. The molecule has 0 unspecified atom stereocenters. The molecule has 22 heavy (non-hydrogen) atoms. The molecule has 1 aromatic carbocycles. The van der Waals surface area contributed by atoms with Crippen molar-refractivity contribution in [3.8, 4) is 0 Å². The van der Waals surface area contributed by atoms with Gasteiger partial charge in [0.25, 0.3) is 0 Å². The Bertz CT molecular complexity index is 587. The Morgan fingerprint density at radius 1 is 1.14 bits per heavy atom. The fourth-order valence-electron chi connectivity index (χ4n) is 2.95. The van der Waals surface area contributed by atoms with Crippen LogP contribution in [0.15, 0.2) is 24.3 Å². The zero-order chi connectivity index (χ0) is 15.7. The van der Waals surface area contributed by atoms with Crippen molar-refractivity contribution >= 4 is 17.5 Å². The maximum atomic E-state index is 12.7. The maximum absolute atomic E-state index is 12.7. The van der Waals surface area contributed by atoms with Gasteiger partial charge in [0, 0.05) is 31.9 Å². The molecule has 5 nitrogen and oxygen atoms in total. The van der Waals surface area contributed by atoms with Gasteiger partial charge in [-0.15, -0.1) is 0 Å². The van der Waals surface area contributed by atoms with Crippen molar-refractivity contribution in [2.45, 2.75) is 19.8 Å². The molecule has 0 aromatic heterocycles. The number of piperazine rings is 1. The monoisotopic (exact) mass is 301 g/mol. The summed E-state index contributed by atoms with van der Waals surface area (Å²) in [7, 11) is 2.05. The van der Waals surface area contributed by atoms with Crippen LogP contribution < -0.4 is 5.32 Å². The number of hydrogen-bond donors (Lipinski definition) is 1. The Morgan fingerprint density at radius 2 is 1.82 bits per heavy atom. The third-order valence-electron chi connectivity index (χ3n) is 4.66. The molecule has 2 aliphatic rings. The van der Waals surface area contributed by atoms with Crippen LogP contribution in [-0.2, 0) is 9.59 Å². The molecule has 118 valence electrons. The molecule has 3 rings (SSSR count). The van der Waals surface area contributed by atoms with Crippen LogP contribution in [0, 0.1) is 12.3 Å². The van der Waals surface area contributed by atoms with Gasteiger partial charge in [0.2, 0.25) is 11.8 Å². The number of aryl methyl sites for hydroxylation is 1. The third kappa shape index (κ3) is 2.86. The fraction of sp³-hybridized carbons (Fsp3) is 0.529. The van der Waals surface area contributed by atoms with E-state index in [0.717, 1.165) is 37.4 Å². The first-order valence-corrected chi connectivity index (χ1v) is 7.87. The van der Waals surface area contributed by atoms with E-state index in [9.17, 15) is 9.59 Å². The van der Waals surface area contributed by atoms with Crippen LogP contribution in [0.4, 0.5) is 5.69 Å². The normalized spacial score (nSPS) is 20.5. The summed E-state index contributed by atoms with van der Waals surface area (Å²) in [5.74, 6) is -0.146. The molecular formula is C17H23N3O2. The number of nitrogens with zero attached hydrogens (tertiary/aromatic N) is 2. The zero-order valence-corrected chi connectivity index (χ0v) is 13.3. The number of carbonyl (C=O) groups is 2.